The standard InChI is InChI=1S/C18H18N4O3S2/c1-11(23)13-5-7-14(8-6-13)20-16(24)12(2)26-18-22-21-17(27-18)19-10-15-4-3-9-25-15/h3-9,12H,10H2,1-2H3,(H,19,21)(H,20,24)/t12-/m0/s1. The van der Waals surface area contributed by atoms with E-state index in [0.717, 1.165) is 5.76 Å². The van der Waals surface area contributed by atoms with E-state index < -0.39 is 0 Å². The Balaban J connectivity index is 1.51. The van der Waals surface area contributed by atoms with Gasteiger partial charge >= 0.3 is 0 Å². The number of nitrogens with one attached hydrogen (secondary N) is 2. The molecule has 3 aromatic rings. The minimum Gasteiger partial charge on any atom is -0.467 e. The maximum absolute atomic E-state index is 12.4. The molecule has 2 aromatic heterocycles. The monoisotopic (exact) mass is 402 g/mol. The van der Waals surface area contributed by atoms with Gasteiger partial charge in [0.1, 0.15) is 5.76 Å². The maximum Gasteiger partial charge on any atom is 0.237 e. The average Bonchev–Trinajstić information content (AvgIpc) is 3.32. The Labute approximate surface area is 164 Å². The number of Topliss-reactive ketones (excluding diaryl/α,β-unsaturated/α-hetero) is 1. The largest absolute Gasteiger partial charge is 0.467 e. The van der Waals surface area contributed by atoms with E-state index in [1.165, 1.54) is 30.0 Å². The van der Waals surface area contributed by atoms with Crippen LogP contribution >= 0.6 is 23.1 Å². The topological polar surface area (TPSA) is 97.1 Å². The van der Waals surface area contributed by atoms with Crippen LogP contribution in [0.25, 0.3) is 0 Å². The third-order valence-electron chi connectivity index (χ3n) is 3.61. The second-order valence-electron chi connectivity index (χ2n) is 5.69. The molecular weight excluding hydrogens is 384 g/mol. The van der Waals surface area contributed by atoms with Crippen LogP contribution in [0.4, 0.5) is 10.8 Å². The van der Waals surface area contributed by atoms with Crippen LogP contribution < -0.4 is 10.6 Å². The summed E-state index contributed by atoms with van der Waals surface area (Å²) in [7, 11) is 0. The number of aromatic nitrogens is 2. The van der Waals surface area contributed by atoms with Crippen LogP contribution in [0.3, 0.4) is 0 Å². The van der Waals surface area contributed by atoms with E-state index in [9.17, 15) is 9.59 Å². The number of furan rings is 1. The Morgan fingerprint density at radius 1 is 1.22 bits per heavy atom. The van der Waals surface area contributed by atoms with Gasteiger partial charge in [-0.3, -0.25) is 9.59 Å². The molecule has 0 saturated heterocycles. The third-order valence-corrected chi connectivity index (χ3v) is 5.67. The zero-order valence-electron chi connectivity index (χ0n) is 14.8. The molecule has 27 heavy (non-hydrogen) atoms. The Bertz CT molecular complexity index is 907. The molecule has 2 N–H and O–H groups in total. The van der Waals surface area contributed by atoms with Crippen LogP contribution in [0.15, 0.2) is 51.4 Å². The fraction of sp³-hybridized carbons (Fsp3) is 0.222. The van der Waals surface area contributed by atoms with Crippen LogP contribution in [0.5, 0.6) is 0 Å². The molecule has 0 aliphatic rings. The van der Waals surface area contributed by atoms with Crippen molar-refractivity contribution in [1.29, 1.82) is 0 Å². The first-order chi connectivity index (χ1) is 13.0. The second-order valence-corrected chi connectivity index (χ2v) is 8.25. The molecule has 0 aliphatic heterocycles. The van der Waals surface area contributed by atoms with E-state index >= 15 is 0 Å². The van der Waals surface area contributed by atoms with E-state index in [0.29, 0.717) is 27.3 Å². The number of carbonyl (C=O) groups is 2. The number of hydrogen-bond acceptors (Lipinski definition) is 8. The van der Waals surface area contributed by atoms with E-state index in [1.54, 1.807) is 37.5 Å². The van der Waals surface area contributed by atoms with Crippen molar-refractivity contribution in [1.82, 2.24) is 10.2 Å². The van der Waals surface area contributed by atoms with Gasteiger partial charge in [0.15, 0.2) is 10.1 Å². The van der Waals surface area contributed by atoms with Crippen molar-refractivity contribution in [3.05, 3.63) is 54.0 Å². The van der Waals surface area contributed by atoms with Crippen LogP contribution in [-0.2, 0) is 11.3 Å². The summed E-state index contributed by atoms with van der Waals surface area (Å²) < 4.78 is 5.95. The molecule has 1 aromatic carbocycles. The Morgan fingerprint density at radius 3 is 2.67 bits per heavy atom. The minimum atomic E-state index is -0.344. The average molecular weight is 403 g/mol. The molecule has 7 nitrogen and oxygen atoms in total. The molecule has 0 unspecified atom stereocenters. The summed E-state index contributed by atoms with van der Waals surface area (Å²) in [6.07, 6.45) is 1.62. The predicted molar refractivity (Wildman–Crippen MR) is 106 cm³/mol. The van der Waals surface area contributed by atoms with E-state index in [4.69, 9.17) is 4.42 Å². The summed E-state index contributed by atoms with van der Waals surface area (Å²) in [5.41, 5.74) is 1.26. The summed E-state index contributed by atoms with van der Waals surface area (Å²) in [6.45, 7) is 3.84. The number of hydrogen-bond donors (Lipinski definition) is 2. The van der Waals surface area contributed by atoms with Crippen molar-refractivity contribution in [3.8, 4) is 0 Å². The highest BCUT2D eigenvalue weighted by molar-refractivity contribution is 8.02. The fourth-order valence-electron chi connectivity index (χ4n) is 2.14. The van der Waals surface area contributed by atoms with Gasteiger partial charge in [0, 0.05) is 11.3 Å². The van der Waals surface area contributed by atoms with Gasteiger partial charge < -0.3 is 15.1 Å². The van der Waals surface area contributed by atoms with Crippen molar-refractivity contribution in [2.75, 3.05) is 10.6 Å². The van der Waals surface area contributed by atoms with Crippen LogP contribution in [0.1, 0.15) is 30.0 Å². The SMILES string of the molecule is CC(=O)c1ccc(NC(=O)[C@H](C)Sc2nnc(NCc3ccco3)s2)cc1. The van der Waals surface area contributed by atoms with E-state index in [2.05, 4.69) is 20.8 Å². The van der Waals surface area contributed by atoms with Gasteiger partial charge in [-0.05, 0) is 50.2 Å². The van der Waals surface area contributed by atoms with Gasteiger partial charge in [0.05, 0.1) is 18.1 Å². The van der Waals surface area contributed by atoms with Gasteiger partial charge in [0.25, 0.3) is 0 Å². The molecule has 1 atom stereocenters. The van der Waals surface area contributed by atoms with Crippen molar-refractivity contribution in [2.24, 2.45) is 0 Å². The highest BCUT2D eigenvalue weighted by Gasteiger charge is 2.17. The summed E-state index contributed by atoms with van der Waals surface area (Å²) in [5, 5.41) is 14.5. The number of nitrogens with zero attached hydrogens (tertiary/aromatic N) is 2. The maximum atomic E-state index is 12.4. The van der Waals surface area contributed by atoms with Gasteiger partial charge in [-0.15, -0.1) is 10.2 Å². The second kappa shape index (κ2) is 8.83. The Morgan fingerprint density at radius 2 is 2.00 bits per heavy atom. The molecule has 0 saturated carbocycles. The lowest BCUT2D eigenvalue weighted by Crippen LogP contribution is -2.22. The van der Waals surface area contributed by atoms with Crippen LogP contribution in [0.2, 0.25) is 0 Å². The molecule has 0 aliphatic carbocycles. The lowest BCUT2D eigenvalue weighted by molar-refractivity contribution is -0.115. The highest BCUT2D eigenvalue weighted by Crippen LogP contribution is 2.29. The van der Waals surface area contributed by atoms with Crippen molar-refractivity contribution < 1.29 is 14.0 Å². The Kier molecular flexibility index (Phi) is 6.25. The predicted octanol–water partition coefficient (Wildman–Crippen LogP) is 4.07. The van der Waals surface area contributed by atoms with Crippen LogP contribution in [-0.4, -0.2) is 27.1 Å². The molecule has 2 heterocycles. The first kappa shape index (κ1) is 19.1. The van der Waals surface area contributed by atoms with E-state index in [-0.39, 0.29) is 16.9 Å². The lowest BCUT2D eigenvalue weighted by atomic mass is 10.1. The first-order valence-electron chi connectivity index (χ1n) is 8.19. The molecule has 9 heteroatoms. The minimum absolute atomic E-state index is 0.00969. The van der Waals surface area contributed by atoms with Gasteiger partial charge in [-0.25, -0.2) is 0 Å². The number of thioether (sulfide) groups is 1. The lowest BCUT2D eigenvalue weighted by Gasteiger charge is -2.10. The summed E-state index contributed by atoms with van der Waals surface area (Å²) in [4.78, 5) is 23.6. The summed E-state index contributed by atoms with van der Waals surface area (Å²) in [6, 6.07) is 10.5. The number of carbonyl (C=O) groups excluding carboxylic acids is 2. The highest BCUT2D eigenvalue weighted by atomic mass is 32.2. The van der Waals surface area contributed by atoms with Gasteiger partial charge in [-0.1, -0.05) is 23.1 Å². The normalized spacial score (nSPS) is 11.8. The molecule has 140 valence electrons. The molecular formula is C18H18N4O3S2. The molecule has 1 amide bonds. The number of benzene rings is 1. The number of amides is 1. The molecule has 0 fully saturated rings. The quantitative estimate of drug-likeness (QED) is 0.433. The van der Waals surface area contributed by atoms with E-state index in [1.807, 2.05) is 12.1 Å². The van der Waals surface area contributed by atoms with Crippen molar-refractivity contribution >= 4 is 45.6 Å². The fourth-order valence-corrected chi connectivity index (χ4v) is 4.03. The molecule has 0 radical (unpaired) electrons. The zero-order valence-corrected chi connectivity index (χ0v) is 16.4. The smallest absolute Gasteiger partial charge is 0.237 e. The number of rotatable bonds is 8. The third kappa shape index (κ3) is 5.41. The van der Waals surface area contributed by atoms with Gasteiger partial charge in [0.2, 0.25) is 11.0 Å². The van der Waals surface area contributed by atoms with Crippen molar-refractivity contribution in [3.63, 3.8) is 0 Å². The molecule has 0 bridgehead atoms. The zero-order chi connectivity index (χ0) is 19.2. The van der Waals surface area contributed by atoms with Gasteiger partial charge in [-0.2, -0.15) is 0 Å². The molecule has 0 spiro atoms. The van der Waals surface area contributed by atoms with Crippen molar-refractivity contribution in [2.45, 2.75) is 30.0 Å². The Hall–Kier alpha value is -2.65. The first-order valence-corrected chi connectivity index (χ1v) is 9.89. The summed E-state index contributed by atoms with van der Waals surface area (Å²) in [5.74, 6) is 0.656. The number of anilines is 2. The van der Waals surface area contributed by atoms with Crippen LogP contribution in [0, 0.1) is 0 Å². The molecule has 3 rings (SSSR count). The number of ketones is 1. The summed E-state index contributed by atoms with van der Waals surface area (Å²) >= 11 is 2.72.